The van der Waals surface area contributed by atoms with Crippen LogP contribution in [0.1, 0.15) is 12.8 Å². The molecule has 7 heteroatoms. The Morgan fingerprint density at radius 3 is 2.58 bits per heavy atom. The molecule has 19 heavy (non-hydrogen) atoms. The molecule has 1 atom stereocenters. The molecule has 5 nitrogen and oxygen atoms in total. The highest BCUT2D eigenvalue weighted by molar-refractivity contribution is 7.91. The van der Waals surface area contributed by atoms with Crippen LogP contribution in [0.25, 0.3) is 0 Å². The van der Waals surface area contributed by atoms with E-state index < -0.39 is 15.9 Å². The first-order valence-electron chi connectivity index (χ1n) is 5.98. The van der Waals surface area contributed by atoms with Crippen molar-refractivity contribution in [1.29, 1.82) is 0 Å². The molecule has 1 aliphatic rings. The number of rotatable bonds is 2. The topological polar surface area (TPSA) is 75.3 Å². The van der Waals surface area contributed by atoms with Gasteiger partial charge in [0.1, 0.15) is 0 Å². The van der Waals surface area contributed by atoms with Crippen molar-refractivity contribution in [1.82, 2.24) is 5.32 Å². The van der Waals surface area contributed by atoms with Gasteiger partial charge in [0, 0.05) is 16.8 Å². The monoisotopic (exact) mass is 302 g/mol. The van der Waals surface area contributed by atoms with E-state index in [0.717, 1.165) is 0 Å². The van der Waals surface area contributed by atoms with Gasteiger partial charge in [0.2, 0.25) is 0 Å². The number of carbonyl (C=O) groups excluding carboxylic acids is 1. The first-order valence-corrected chi connectivity index (χ1v) is 8.18. The number of sulfone groups is 1. The molecule has 0 aromatic heterocycles. The molecule has 0 radical (unpaired) electrons. The average Bonchev–Trinajstić information content (AvgIpc) is 2.30. The fourth-order valence-corrected chi connectivity index (χ4v) is 3.78. The van der Waals surface area contributed by atoms with Crippen molar-refractivity contribution in [2.24, 2.45) is 0 Å². The summed E-state index contributed by atoms with van der Waals surface area (Å²) in [7, 11) is -3.02. The van der Waals surface area contributed by atoms with Crippen LogP contribution in [0.15, 0.2) is 24.3 Å². The van der Waals surface area contributed by atoms with E-state index in [-0.39, 0.29) is 17.5 Å². The smallest absolute Gasteiger partial charge is 0.319 e. The summed E-state index contributed by atoms with van der Waals surface area (Å²) < 4.78 is 22.9. The maximum atomic E-state index is 11.7. The van der Waals surface area contributed by atoms with E-state index in [9.17, 15) is 13.2 Å². The Morgan fingerprint density at radius 1 is 1.26 bits per heavy atom. The molecule has 2 N–H and O–H groups in total. The molecule has 1 aliphatic heterocycles. The first kappa shape index (κ1) is 14.1. The molecule has 1 fully saturated rings. The fourth-order valence-electron chi connectivity index (χ4n) is 2.02. The lowest BCUT2D eigenvalue weighted by atomic mass is 10.2. The van der Waals surface area contributed by atoms with Crippen LogP contribution in [-0.4, -0.2) is 32.0 Å². The number of halogens is 1. The molecule has 2 rings (SSSR count). The van der Waals surface area contributed by atoms with Gasteiger partial charge in [-0.05, 0) is 37.1 Å². The molecule has 0 spiro atoms. The van der Waals surface area contributed by atoms with Crippen LogP contribution in [0.3, 0.4) is 0 Å². The molecule has 1 aromatic rings. The molecule has 1 saturated heterocycles. The lowest BCUT2D eigenvalue weighted by molar-refractivity contribution is 0.248. The first-order chi connectivity index (χ1) is 8.94. The molecule has 1 unspecified atom stereocenters. The van der Waals surface area contributed by atoms with Crippen LogP contribution in [-0.2, 0) is 9.84 Å². The Balaban J connectivity index is 1.89. The minimum absolute atomic E-state index is 0.0149. The van der Waals surface area contributed by atoms with Crippen molar-refractivity contribution >= 4 is 33.2 Å². The fraction of sp³-hybridized carbons (Fsp3) is 0.417. The molecule has 0 saturated carbocycles. The largest absolute Gasteiger partial charge is 0.334 e. The molecule has 0 aliphatic carbocycles. The third-order valence-corrected chi connectivity index (χ3v) is 4.97. The summed E-state index contributed by atoms with van der Waals surface area (Å²) in [5.41, 5.74) is 0.612. The van der Waals surface area contributed by atoms with Crippen molar-refractivity contribution in [2.45, 2.75) is 18.9 Å². The van der Waals surface area contributed by atoms with Gasteiger partial charge in [-0.15, -0.1) is 0 Å². The molecule has 0 bridgehead atoms. The second-order valence-corrected chi connectivity index (χ2v) is 7.22. The third-order valence-electron chi connectivity index (χ3n) is 2.90. The molecular weight excluding hydrogens is 288 g/mol. The Kier molecular flexibility index (Phi) is 4.31. The van der Waals surface area contributed by atoms with Crippen molar-refractivity contribution < 1.29 is 13.2 Å². The molecule has 2 amide bonds. The van der Waals surface area contributed by atoms with E-state index in [4.69, 9.17) is 11.6 Å². The summed E-state index contributed by atoms with van der Waals surface area (Å²) in [5, 5.41) is 5.90. The SMILES string of the molecule is O=C(Nc1ccc(Cl)cc1)NC1CCCS(=O)(=O)C1. The van der Waals surface area contributed by atoms with Gasteiger partial charge in [-0.3, -0.25) is 0 Å². The maximum absolute atomic E-state index is 11.7. The van der Waals surface area contributed by atoms with Crippen molar-refractivity contribution in [3.05, 3.63) is 29.3 Å². The predicted octanol–water partition coefficient (Wildman–Crippen LogP) is 2.04. The van der Waals surface area contributed by atoms with Crippen LogP contribution in [0.5, 0.6) is 0 Å². The van der Waals surface area contributed by atoms with Crippen LogP contribution >= 0.6 is 11.6 Å². The highest BCUT2D eigenvalue weighted by Gasteiger charge is 2.25. The van der Waals surface area contributed by atoms with E-state index in [1.807, 2.05) is 0 Å². The average molecular weight is 303 g/mol. The second kappa shape index (κ2) is 5.79. The number of hydrogen-bond acceptors (Lipinski definition) is 3. The van der Waals surface area contributed by atoms with Gasteiger partial charge in [-0.1, -0.05) is 11.6 Å². The van der Waals surface area contributed by atoms with Gasteiger partial charge in [-0.25, -0.2) is 13.2 Å². The Labute approximate surface area is 117 Å². The number of hydrogen-bond donors (Lipinski definition) is 2. The highest BCUT2D eigenvalue weighted by Crippen LogP contribution is 2.14. The van der Waals surface area contributed by atoms with Gasteiger partial charge >= 0.3 is 6.03 Å². The summed E-state index contributed by atoms with van der Waals surface area (Å²) >= 11 is 5.74. The number of anilines is 1. The van der Waals surface area contributed by atoms with Gasteiger partial charge in [0.25, 0.3) is 0 Å². The third kappa shape index (κ3) is 4.40. The minimum atomic E-state index is -3.02. The van der Waals surface area contributed by atoms with Crippen molar-refractivity contribution in [3.8, 4) is 0 Å². The summed E-state index contributed by atoms with van der Waals surface area (Å²) in [5.74, 6) is 0.227. The van der Waals surface area contributed by atoms with E-state index in [2.05, 4.69) is 10.6 Å². The maximum Gasteiger partial charge on any atom is 0.319 e. The zero-order valence-corrected chi connectivity index (χ0v) is 11.8. The van der Waals surface area contributed by atoms with Crippen LogP contribution < -0.4 is 10.6 Å². The van der Waals surface area contributed by atoms with Gasteiger partial charge < -0.3 is 10.6 Å². The highest BCUT2D eigenvalue weighted by atomic mass is 35.5. The van der Waals surface area contributed by atoms with Gasteiger partial charge in [0.15, 0.2) is 9.84 Å². The van der Waals surface area contributed by atoms with E-state index >= 15 is 0 Å². The summed E-state index contributed by atoms with van der Waals surface area (Å²) in [6.45, 7) is 0. The van der Waals surface area contributed by atoms with E-state index in [1.54, 1.807) is 24.3 Å². The van der Waals surface area contributed by atoms with Gasteiger partial charge in [0.05, 0.1) is 11.5 Å². The molecule has 1 heterocycles. The van der Waals surface area contributed by atoms with Crippen LogP contribution in [0, 0.1) is 0 Å². The second-order valence-electron chi connectivity index (χ2n) is 4.56. The predicted molar refractivity (Wildman–Crippen MR) is 75.3 cm³/mol. The van der Waals surface area contributed by atoms with E-state index in [1.165, 1.54) is 0 Å². The van der Waals surface area contributed by atoms with Crippen molar-refractivity contribution in [3.63, 3.8) is 0 Å². The zero-order chi connectivity index (χ0) is 13.9. The van der Waals surface area contributed by atoms with Gasteiger partial charge in [-0.2, -0.15) is 0 Å². The van der Waals surface area contributed by atoms with Crippen LogP contribution in [0.4, 0.5) is 10.5 Å². The summed E-state index contributed by atoms with van der Waals surface area (Å²) in [6, 6.07) is 5.99. The lowest BCUT2D eigenvalue weighted by Gasteiger charge is -2.23. The number of carbonyl (C=O) groups is 1. The van der Waals surface area contributed by atoms with Crippen LogP contribution in [0.2, 0.25) is 5.02 Å². The quantitative estimate of drug-likeness (QED) is 0.878. The zero-order valence-electron chi connectivity index (χ0n) is 10.2. The molecule has 1 aromatic carbocycles. The number of benzene rings is 1. The van der Waals surface area contributed by atoms with E-state index in [0.29, 0.717) is 23.6 Å². The summed E-state index contributed by atoms with van der Waals surface area (Å²) in [4.78, 5) is 11.7. The lowest BCUT2D eigenvalue weighted by Crippen LogP contribution is -2.44. The normalized spacial score (nSPS) is 21.6. The number of amides is 2. The van der Waals surface area contributed by atoms with Crippen molar-refractivity contribution in [2.75, 3.05) is 16.8 Å². The Bertz CT molecular complexity index is 557. The molecular formula is C12H15ClN2O3S. The Morgan fingerprint density at radius 2 is 1.95 bits per heavy atom. The Hall–Kier alpha value is -1.27. The molecule has 104 valence electrons. The number of urea groups is 1. The minimum Gasteiger partial charge on any atom is -0.334 e. The summed E-state index contributed by atoms with van der Waals surface area (Å²) in [6.07, 6.45) is 1.28. The number of nitrogens with one attached hydrogen (secondary N) is 2. The standard InChI is InChI=1S/C12H15ClN2O3S/c13-9-3-5-10(6-4-9)14-12(16)15-11-2-1-7-19(17,18)8-11/h3-6,11H,1-2,7-8H2,(H2,14,15,16).